The summed E-state index contributed by atoms with van der Waals surface area (Å²) in [6, 6.07) is 8.66. The van der Waals surface area contributed by atoms with Crippen molar-refractivity contribution in [2.75, 3.05) is 13.7 Å². The van der Waals surface area contributed by atoms with Crippen LogP contribution >= 0.6 is 0 Å². The molecule has 1 unspecified atom stereocenters. The molecule has 0 aromatic heterocycles. The van der Waals surface area contributed by atoms with E-state index in [1.807, 2.05) is 25.1 Å². The van der Waals surface area contributed by atoms with E-state index in [4.69, 9.17) is 4.74 Å². The van der Waals surface area contributed by atoms with Gasteiger partial charge < -0.3 is 10.1 Å². The molecule has 3 heteroatoms. The monoisotopic (exact) mass is 233 g/mol. The number of methoxy groups -OCH3 is 1. The lowest BCUT2D eigenvalue weighted by Crippen LogP contribution is -2.29. The maximum absolute atomic E-state index is 11.8. The summed E-state index contributed by atoms with van der Waals surface area (Å²) in [5.41, 5.74) is 2.20. The molecular formula is C14H19NO2. The molecule has 2 rings (SSSR count). The fourth-order valence-electron chi connectivity index (χ4n) is 1.94. The zero-order chi connectivity index (χ0) is 12.3. The Kier molecular flexibility index (Phi) is 3.79. The Balaban J connectivity index is 2.09. The van der Waals surface area contributed by atoms with Gasteiger partial charge in [-0.25, -0.2) is 0 Å². The third-order valence-electron chi connectivity index (χ3n) is 3.12. The van der Waals surface area contributed by atoms with Crippen molar-refractivity contribution in [3.63, 3.8) is 0 Å². The van der Waals surface area contributed by atoms with Crippen LogP contribution in [0, 0.1) is 6.92 Å². The quantitative estimate of drug-likeness (QED) is 0.791. The van der Waals surface area contributed by atoms with E-state index in [1.54, 1.807) is 0 Å². The molecule has 1 atom stereocenters. The van der Waals surface area contributed by atoms with Gasteiger partial charge in [0, 0.05) is 12.6 Å². The summed E-state index contributed by atoms with van der Waals surface area (Å²) in [6.07, 6.45) is 2.45. The molecule has 1 aliphatic carbocycles. The molecule has 0 heterocycles. The Morgan fingerprint density at radius 1 is 1.53 bits per heavy atom. The smallest absolute Gasteiger partial charge is 0.314 e. The summed E-state index contributed by atoms with van der Waals surface area (Å²) in [7, 11) is 1.45. The van der Waals surface area contributed by atoms with Crippen molar-refractivity contribution in [1.82, 2.24) is 5.32 Å². The molecule has 0 radical (unpaired) electrons. The first-order chi connectivity index (χ1) is 8.20. The summed E-state index contributed by atoms with van der Waals surface area (Å²) in [4.78, 5) is 11.8. The number of ether oxygens (including phenoxy) is 1. The minimum atomic E-state index is -0.194. The molecular weight excluding hydrogens is 214 g/mol. The normalized spacial score (nSPS) is 16.6. The third kappa shape index (κ3) is 3.30. The first-order valence-electron chi connectivity index (χ1n) is 6.08. The highest BCUT2D eigenvalue weighted by molar-refractivity contribution is 5.78. The van der Waals surface area contributed by atoms with Crippen molar-refractivity contribution in [1.29, 1.82) is 0 Å². The number of aryl methyl sites for hydroxylation is 1. The SMILES string of the molecule is COC(=O)C(CNC1CC1)c1cccc(C)c1. The third-order valence-corrected chi connectivity index (χ3v) is 3.12. The Bertz CT molecular complexity index is 399. The average molecular weight is 233 g/mol. The molecule has 0 saturated heterocycles. The van der Waals surface area contributed by atoms with E-state index in [9.17, 15) is 4.79 Å². The molecule has 1 N–H and O–H groups in total. The van der Waals surface area contributed by atoms with Crippen LogP contribution in [0.2, 0.25) is 0 Å². The topological polar surface area (TPSA) is 38.3 Å². The Labute approximate surface area is 102 Å². The molecule has 1 aromatic rings. The zero-order valence-electron chi connectivity index (χ0n) is 10.4. The van der Waals surface area contributed by atoms with Gasteiger partial charge in [0.05, 0.1) is 13.0 Å². The van der Waals surface area contributed by atoms with E-state index in [0.717, 1.165) is 5.56 Å². The molecule has 92 valence electrons. The summed E-state index contributed by atoms with van der Waals surface area (Å²) in [5, 5.41) is 3.39. The molecule has 1 saturated carbocycles. The van der Waals surface area contributed by atoms with Gasteiger partial charge in [-0.3, -0.25) is 4.79 Å². The number of hydrogen-bond acceptors (Lipinski definition) is 3. The molecule has 1 fully saturated rings. The van der Waals surface area contributed by atoms with Crippen molar-refractivity contribution >= 4 is 5.97 Å². The van der Waals surface area contributed by atoms with E-state index < -0.39 is 0 Å². The van der Waals surface area contributed by atoms with Crippen LogP contribution in [0.4, 0.5) is 0 Å². The number of nitrogens with one attached hydrogen (secondary N) is 1. The van der Waals surface area contributed by atoms with Crippen LogP contribution in [0.25, 0.3) is 0 Å². The van der Waals surface area contributed by atoms with Gasteiger partial charge in [0.2, 0.25) is 0 Å². The van der Waals surface area contributed by atoms with Crippen LogP contribution in [0.1, 0.15) is 29.9 Å². The van der Waals surface area contributed by atoms with Crippen LogP contribution in [0.3, 0.4) is 0 Å². The highest BCUT2D eigenvalue weighted by atomic mass is 16.5. The van der Waals surface area contributed by atoms with Crippen LogP contribution in [-0.2, 0) is 9.53 Å². The van der Waals surface area contributed by atoms with E-state index >= 15 is 0 Å². The van der Waals surface area contributed by atoms with E-state index in [2.05, 4.69) is 11.4 Å². The van der Waals surface area contributed by atoms with Crippen LogP contribution in [-0.4, -0.2) is 25.7 Å². The molecule has 0 aliphatic heterocycles. The van der Waals surface area contributed by atoms with E-state index in [1.165, 1.54) is 25.5 Å². The predicted octanol–water partition coefficient (Wildman–Crippen LogP) is 2.00. The first-order valence-corrected chi connectivity index (χ1v) is 6.08. The molecule has 1 aromatic carbocycles. The van der Waals surface area contributed by atoms with E-state index in [-0.39, 0.29) is 11.9 Å². The molecule has 0 bridgehead atoms. The van der Waals surface area contributed by atoms with Gasteiger partial charge in [-0.1, -0.05) is 29.8 Å². The zero-order valence-corrected chi connectivity index (χ0v) is 10.4. The average Bonchev–Trinajstić information content (AvgIpc) is 3.13. The second-order valence-corrected chi connectivity index (χ2v) is 4.67. The van der Waals surface area contributed by atoms with Gasteiger partial charge >= 0.3 is 5.97 Å². The maximum atomic E-state index is 11.8. The number of carbonyl (C=O) groups excluding carboxylic acids is 1. The second kappa shape index (κ2) is 5.32. The number of carbonyl (C=O) groups is 1. The second-order valence-electron chi connectivity index (χ2n) is 4.67. The van der Waals surface area contributed by atoms with Crippen LogP contribution < -0.4 is 5.32 Å². The summed E-state index contributed by atoms with van der Waals surface area (Å²) < 4.78 is 4.88. The summed E-state index contributed by atoms with van der Waals surface area (Å²) in [6.45, 7) is 2.70. The number of hydrogen-bond donors (Lipinski definition) is 1. The van der Waals surface area contributed by atoms with Crippen LogP contribution in [0.5, 0.6) is 0 Å². The highest BCUT2D eigenvalue weighted by Crippen LogP contribution is 2.22. The van der Waals surface area contributed by atoms with E-state index in [0.29, 0.717) is 12.6 Å². The lowest BCUT2D eigenvalue weighted by Gasteiger charge is -2.16. The van der Waals surface area contributed by atoms with Gasteiger partial charge in [-0.05, 0) is 25.3 Å². The highest BCUT2D eigenvalue weighted by Gasteiger charge is 2.26. The predicted molar refractivity (Wildman–Crippen MR) is 67.0 cm³/mol. The Hall–Kier alpha value is -1.35. The number of benzene rings is 1. The van der Waals surface area contributed by atoms with Crippen molar-refractivity contribution in [2.45, 2.75) is 31.7 Å². The van der Waals surface area contributed by atoms with Crippen molar-refractivity contribution in [3.8, 4) is 0 Å². The standard InChI is InChI=1S/C14H19NO2/c1-10-4-3-5-11(8-10)13(14(16)17-2)9-15-12-6-7-12/h3-5,8,12-13,15H,6-7,9H2,1-2H3. The molecule has 0 amide bonds. The van der Waals surface area contributed by atoms with Crippen molar-refractivity contribution in [2.24, 2.45) is 0 Å². The fraction of sp³-hybridized carbons (Fsp3) is 0.500. The van der Waals surface area contributed by atoms with Gasteiger partial charge in [0.15, 0.2) is 0 Å². The lowest BCUT2D eigenvalue weighted by molar-refractivity contribution is -0.142. The fourth-order valence-corrected chi connectivity index (χ4v) is 1.94. The first kappa shape index (κ1) is 12.1. The lowest BCUT2D eigenvalue weighted by atomic mass is 9.97. The van der Waals surface area contributed by atoms with Crippen molar-refractivity contribution in [3.05, 3.63) is 35.4 Å². The van der Waals surface area contributed by atoms with Gasteiger partial charge in [-0.15, -0.1) is 0 Å². The molecule has 1 aliphatic rings. The largest absolute Gasteiger partial charge is 0.469 e. The summed E-state index contributed by atoms with van der Waals surface area (Å²) in [5.74, 6) is -0.357. The number of esters is 1. The summed E-state index contributed by atoms with van der Waals surface area (Å²) >= 11 is 0. The minimum absolute atomic E-state index is 0.163. The minimum Gasteiger partial charge on any atom is -0.469 e. The Morgan fingerprint density at radius 3 is 2.88 bits per heavy atom. The Morgan fingerprint density at radius 2 is 2.29 bits per heavy atom. The van der Waals surface area contributed by atoms with Gasteiger partial charge in [-0.2, -0.15) is 0 Å². The molecule has 3 nitrogen and oxygen atoms in total. The van der Waals surface area contributed by atoms with Crippen molar-refractivity contribution < 1.29 is 9.53 Å². The van der Waals surface area contributed by atoms with Crippen LogP contribution in [0.15, 0.2) is 24.3 Å². The number of rotatable bonds is 5. The molecule has 0 spiro atoms. The maximum Gasteiger partial charge on any atom is 0.314 e. The van der Waals surface area contributed by atoms with Gasteiger partial charge in [0.25, 0.3) is 0 Å². The molecule has 17 heavy (non-hydrogen) atoms. The van der Waals surface area contributed by atoms with Gasteiger partial charge in [0.1, 0.15) is 0 Å².